The molecular formula is C18H20O4. The van der Waals surface area contributed by atoms with E-state index in [0.717, 1.165) is 11.3 Å². The predicted molar refractivity (Wildman–Crippen MR) is 84.7 cm³/mol. The number of benzene rings is 2. The lowest BCUT2D eigenvalue weighted by atomic mass is 9.95. The first-order chi connectivity index (χ1) is 10.6. The third-order valence-corrected chi connectivity index (χ3v) is 3.51. The van der Waals surface area contributed by atoms with Gasteiger partial charge in [-0.15, -0.1) is 0 Å². The van der Waals surface area contributed by atoms with Gasteiger partial charge in [0.15, 0.2) is 0 Å². The van der Waals surface area contributed by atoms with Crippen molar-refractivity contribution in [3.05, 3.63) is 59.7 Å². The molecule has 0 spiro atoms. The van der Waals surface area contributed by atoms with Gasteiger partial charge in [0.1, 0.15) is 11.5 Å². The first kappa shape index (κ1) is 15.9. The molecule has 2 aromatic rings. The molecule has 0 aromatic heterocycles. The van der Waals surface area contributed by atoms with Gasteiger partial charge in [-0.1, -0.05) is 35.9 Å². The van der Waals surface area contributed by atoms with E-state index < -0.39 is 11.9 Å². The second-order valence-corrected chi connectivity index (χ2v) is 5.08. The van der Waals surface area contributed by atoms with Crippen molar-refractivity contribution in [2.75, 3.05) is 13.7 Å². The average molecular weight is 300 g/mol. The Balaban J connectivity index is 2.03. The molecule has 0 saturated heterocycles. The molecule has 1 N–H and O–H groups in total. The quantitative estimate of drug-likeness (QED) is 0.848. The molecule has 0 aliphatic carbocycles. The SMILES string of the molecule is COc1ccccc1C(CCOc1ccc(C)cc1)C(=O)O. The molecule has 22 heavy (non-hydrogen) atoms. The molecule has 2 aromatic carbocycles. The molecule has 1 atom stereocenters. The van der Waals surface area contributed by atoms with E-state index in [1.54, 1.807) is 19.2 Å². The van der Waals surface area contributed by atoms with E-state index in [1.165, 1.54) is 0 Å². The third-order valence-electron chi connectivity index (χ3n) is 3.51. The predicted octanol–water partition coefficient (Wildman–Crippen LogP) is 3.64. The van der Waals surface area contributed by atoms with Gasteiger partial charge in [-0.3, -0.25) is 4.79 Å². The van der Waals surface area contributed by atoms with E-state index in [-0.39, 0.29) is 0 Å². The van der Waals surface area contributed by atoms with Crippen molar-refractivity contribution < 1.29 is 19.4 Å². The third kappa shape index (κ3) is 4.01. The summed E-state index contributed by atoms with van der Waals surface area (Å²) in [6.07, 6.45) is 0.379. The first-order valence-electron chi connectivity index (χ1n) is 7.17. The van der Waals surface area contributed by atoms with Gasteiger partial charge in [-0.2, -0.15) is 0 Å². The van der Waals surface area contributed by atoms with Crippen LogP contribution in [0.4, 0.5) is 0 Å². The summed E-state index contributed by atoms with van der Waals surface area (Å²) in [5.74, 6) is -0.196. The van der Waals surface area contributed by atoms with Gasteiger partial charge in [0.2, 0.25) is 0 Å². The molecule has 0 fully saturated rings. The Morgan fingerprint density at radius 1 is 1.14 bits per heavy atom. The maximum atomic E-state index is 11.5. The van der Waals surface area contributed by atoms with Gasteiger partial charge >= 0.3 is 5.97 Å². The second kappa shape index (κ2) is 7.50. The van der Waals surface area contributed by atoms with Crippen LogP contribution in [0.1, 0.15) is 23.5 Å². The number of hydrogen-bond acceptors (Lipinski definition) is 3. The van der Waals surface area contributed by atoms with Gasteiger partial charge in [0, 0.05) is 5.56 Å². The fourth-order valence-electron chi connectivity index (χ4n) is 2.30. The second-order valence-electron chi connectivity index (χ2n) is 5.08. The first-order valence-corrected chi connectivity index (χ1v) is 7.17. The standard InChI is InChI=1S/C18H20O4/c1-13-7-9-14(10-8-13)22-12-11-16(18(19)20)15-5-3-4-6-17(15)21-2/h3-10,16H,11-12H2,1-2H3,(H,19,20). The summed E-state index contributed by atoms with van der Waals surface area (Å²) in [6.45, 7) is 2.34. The highest BCUT2D eigenvalue weighted by Crippen LogP contribution is 2.29. The lowest BCUT2D eigenvalue weighted by Gasteiger charge is -2.16. The molecule has 0 radical (unpaired) electrons. The molecular weight excluding hydrogens is 280 g/mol. The van der Waals surface area contributed by atoms with Crippen LogP contribution in [-0.2, 0) is 4.79 Å². The van der Waals surface area contributed by atoms with Crippen LogP contribution in [0.15, 0.2) is 48.5 Å². The lowest BCUT2D eigenvalue weighted by Crippen LogP contribution is -2.16. The van der Waals surface area contributed by atoms with E-state index in [0.29, 0.717) is 24.3 Å². The average Bonchev–Trinajstić information content (AvgIpc) is 2.53. The number of hydrogen-bond donors (Lipinski definition) is 1. The van der Waals surface area contributed by atoms with Gasteiger partial charge in [-0.05, 0) is 31.5 Å². The summed E-state index contributed by atoms with van der Waals surface area (Å²) in [6, 6.07) is 14.9. The fraction of sp³-hybridized carbons (Fsp3) is 0.278. The zero-order valence-corrected chi connectivity index (χ0v) is 12.8. The number of rotatable bonds is 7. The summed E-state index contributed by atoms with van der Waals surface area (Å²) >= 11 is 0. The van der Waals surface area contributed by atoms with Crippen LogP contribution in [0, 0.1) is 6.92 Å². The molecule has 0 heterocycles. The zero-order chi connectivity index (χ0) is 15.9. The van der Waals surface area contributed by atoms with E-state index in [1.807, 2.05) is 43.3 Å². The summed E-state index contributed by atoms with van der Waals surface area (Å²) in [5.41, 5.74) is 1.83. The molecule has 0 amide bonds. The Bertz CT molecular complexity index is 619. The number of aryl methyl sites for hydroxylation is 1. The number of aliphatic carboxylic acids is 1. The summed E-state index contributed by atoms with van der Waals surface area (Å²) in [7, 11) is 1.54. The highest BCUT2D eigenvalue weighted by Gasteiger charge is 2.23. The van der Waals surface area contributed by atoms with Crippen LogP contribution < -0.4 is 9.47 Å². The minimum absolute atomic E-state index is 0.331. The van der Waals surface area contributed by atoms with Crippen LogP contribution in [0.2, 0.25) is 0 Å². The molecule has 4 nitrogen and oxygen atoms in total. The number of carboxylic acids is 1. The molecule has 4 heteroatoms. The minimum atomic E-state index is -0.878. The molecule has 1 unspecified atom stereocenters. The Kier molecular flexibility index (Phi) is 5.42. The molecule has 0 bridgehead atoms. The van der Waals surface area contributed by atoms with Crippen LogP contribution in [-0.4, -0.2) is 24.8 Å². The maximum absolute atomic E-state index is 11.5. The van der Waals surface area contributed by atoms with Crippen LogP contribution >= 0.6 is 0 Å². The minimum Gasteiger partial charge on any atom is -0.496 e. The topological polar surface area (TPSA) is 55.8 Å². The Hall–Kier alpha value is -2.49. The Morgan fingerprint density at radius 2 is 1.82 bits per heavy atom. The number of para-hydroxylation sites is 1. The van der Waals surface area contributed by atoms with Crippen LogP contribution in [0.3, 0.4) is 0 Å². The smallest absolute Gasteiger partial charge is 0.311 e. The number of carboxylic acid groups (broad SMARTS) is 1. The van der Waals surface area contributed by atoms with Crippen molar-refractivity contribution in [3.8, 4) is 11.5 Å². The van der Waals surface area contributed by atoms with Crippen LogP contribution in [0.25, 0.3) is 0 Å². The van der Waals surface area contributed by atoms with E-state index >= 15 is 0 Å². The molecule has 0 saturated carbocycles. The Labute approximate surface area is 130 Å². The number of methoxy groups -OCH3 is 1. The fourth-order valence-corrected chi connectivity index (χ4v) is 2.30. The van der Waals surface area contributed by atoms with Gasteiger partial charge in [0.25, 0.3) is 0 Å². The Morgan fingerprint density at radius 3 is 2.45 bits per heavy atom. The molecule has 0 aliphatic rings. The molecule has 116 valence electrons. The maximum Gasteiger partial charge on any atom is 0.311 e. The van der Waals surface area contributed by atoms with Gasteiger partial charge in [0.05, 0.1) is 19.6 Å². The molecule has 0 aliphatic heterocycles. The molecule has 2 rings (SSSR count). The summed E-state index contributed by atoms with van der Waals surface area (Å²) in [4.78, 5) is 11.5. The monoisotopic (exact) mass is 300 g/mol. The van der Waals surface area contributed by atoms with Crippen LogP contribution in [0.5, 0.6) is 11.5 Å². The highest BCUT2D eigenvalue weighted by atomic mass is 16.5. The van der Waals surface area contributed by atoms with Gasteiger partial charge < -0.3 is 14.6 Å². The largest absolute Gasteiger partial charge is 0.496 e. The van der Waals surface area contributed by atoms with Crippen molar-refractivity contribution in [1.29, 1.82) is 0 Å². The zero-order valence-electron chi connectivity index (χ0n) is 12.8. The van der Waals surface area contributed by atoms with Crippen molar-refractivity contribution in [2.45, 2.75) is 19.3 Å². The van der Waals surface area contributed by atoms with E-state index in [2.05, 4.69) is 0 Å². The van der Waals surface area contributed by atoms with Gasteiger partial charge in [-0.25, -0.2) is 0 Å². The van der Waals surface area contributed by atoms with Crippen molar-refractivity contribution >= 4 is 5.97 Å². The van der Waals surface area contributed by atoms with E-state index in [4.69, 9.17) is 9.47 Å². The number of carbonyl (C=O) groups is 1. The van der Waals surface area contributed by atoms with Crippen molar-refractivity contribution in [3.63, 3.8) is 0 Å². The lowest BCUT2D eigenvalue weighted by molar-refractivity contribution is -0.139. The van der Waals surface area contributed by atoms with Crippen molar-refractivity contribution in [1.82, 2.24) is 0 Å². The normalized spacial score (nSPS) is 11.7. The van der Waals surface area contributed by atoms with E-state index in [9.17, 15) is 9.90 Å². The van der Waals surface area contributed by atoms with Crippen molar-refractivity contribution in [2.24, 2.45) is 0 Å². The number of ether oxygens (including phenoxy) is 2. The summed E-state index contributed by atoms with van der Waals surface area (Å²) in [5, 5.41) is 9.47. The highest BCUT2D eigenvalue weighted by molar-refractivity contribution is 5.77. The summed E-state index contributed by atoms with van der Waals surface area (Å²) < 4.78 is 10.9.